The van der Waals surface area contributed by atoms with E-state index < -0.39 is 10.0 Å². The number of halogens is 1. The molecule has 0 aromatic heterocycles. The molecule has 2 aromatic rings. The topological polar surface area (TPSA) is 79.4 Å². The van der Waals surface area contributed by atoms with E-state index in [1.165, 1.54) is 45.5 Å². The SMILES string of the molecule is COc1ccc(S(=O)(=O)N(C)CC(=O)N2CCN(c3ccccc3F)CC2)cc1OC. The average Bonchev–Trinajstić information content (AvgIpc) is 2.78. The van der Waals surface area contributed by atoms with Crippen LogP contribution >= 0.6 is 0 Å². The van der Waals surface area contributed by atoms with Crippen LogP contribution in [0.4, 0.5) is 10.1 Å². The lowest BCUT2D eigenvalue weighted by atomic mass is 10.2. The van der Waals surface area contributed by atoms with Crippen molar-refractivity contribution in [3.63, 3.8) is 0 Å². The molecule has 8 nitrogen and oxygen atoms in total. The normalized spacial score (nSPS) is 14.6. The van der Waals surface area contributed by atoms with E-state index in [2.05, 4.69) is 0 Å². The van der Waals surface area contributed by atoms with E-state index in [4.69, 9.17) is 9.47 Å². The van der Waals surface area contributed by atoms with Crippen molar-refractivity contribution in [3.05, 3.63) is 48.3 Å². The second-order valence-electron chi connectivity index (χ2n) is 7.10. The summed E-state index contributed by atoms with van der Waals surface area (Å²) in [6.07, 6.45) is 0. The van der Waals surface area contributed by atoms with Crippen LogP contribution in [-0.4, -0.2) is 77.5 Å². The number of ether oxygens (including phenoxy) is 2. The molecule has 1 amide bonds. The maximum Gasteiger partial charge on any atom is 0.243 e. The van der Waals surface area contributed by atoms with Crippen molar-refractivity contribution in [2.45, 2.75) is 4.90 Å². The quantitative estimate of drug-likeness (QED) is 0.639. The van der Waals surface area contributed by atoms with Crippen molar-refractivity contribution in [3.8, 4) is 11.5 Å². The number of rotatable bonds is 7. The Morgan fingerprint density at radius 2 is 1.68 bits per heavy atom. The summed E-state index contributed by atoms with van der Waals surface area (Å²) in [4.78, 5) is 16.2. The fraction of sp³-hybridized carbons (Fsp3) is 0.381. The van der Waals surface area contributed by atoms with Crippen LogP contribution in [0.15, 0.2) is 47.4 Å². The Labute approximate surface area is 181 Å². The standard InChI is InChI=1S/C21H26FN3O5S/c1-23(31(27,28)16-8-9-19(29-2)20(14-16)30-3)15-21(26)25-12-10-24(11-13-25)18-7-5-4-6-17(18)22/h4-9,14H,10-13,15H2,1-3H3. The largest absolute Gasteiger partial charge is 0.493 e. The maximum absolute atomic E-state index is 14.0. The fourth-order valence-electron chi connectivity index (χ4n) is 3.44. The minimum atomic E-state index is -3.90. The second kappa shape index (κ2) is 9.52. The van der Waals surface area contributed by atoms with E-state index in [9.17, 15) is 17.6 Å². The van der Waals surface area contributed by atoms with Crippen molar-refractivity contribution in [2.24, 2.45) is 0 Å². The number of carbonyl (C=O) groups excluding carboxylic acids is 1. The molecule has 0 bridgehead atoms. The molecule has 2 aromatic carbocycles. The summed E-state index contributed by atoms with van der Waals surface area (Å²) >= 11 is 0. The number of carbonyl (C=O) groups is 1. The number of benzene rings is 2. The fourth-order valence-corrected chi connectivity index (χ4v) is 4.57. The molecule has 0 spiro atoms. The zero-order chi connectivity index (χ0) is 22.6. The van der Waals surface area contributed by atoms with Gasteiger partial charge in [-0.1, -0.05) is 12.1 Å². The molecule has 31 heavy (non-hydrogen) atoms. The maximum atomic E-state index is 14.0. The van der Waals surface area contributed by atoms with E-state index in [0.29, 0.717) is 37.6 Å². The van der Waals surface area contributed by atoms with Gasteiger partial charge in [0.05, 0.1) is 31.3 Å². The van der Waals surface area contributed by atoms with E-state index in [1.807, 2.05) is 4.90 Å². The van der Waals surface area contributed by atoms with Crippen LogP contribution in [-0.2, 0) is 14.8 Å². The van der Waals surface area contributed by atoms with Crippen molar-refractivity contribution < 1.29 is 27.1 Å². The number of para-hydroxylation sites is 1. The first-order valence-electron chi connectivity index (χ1n) is 9.73. The van der Waals surface area contributed by atoms with Gasteiger partial charge in [0, 0.05) is 39.3 Å². The van der Waals surface area contributed by atoms with Crippen LogP contribution in [0.5, 0.6) is 11.5 Å². The van der Waals surface area contributed by atoms with Gasteiger partial charge < -0.3 is 19.3 Å². The van der Waals surface area contributed by atoms with Gasteiger partial charge in [0.2, 0.25) is 15.9 Å². The highest BCUT2D eigenvalue weighted by molar-refractivity contribution is 7.89. The number of likely N-dealkylation sites (N-methyl/N-ethyl adjacent to an activating group) is 1. The third-order valence-corrected chi connectivity index (χ3v) is 7.05. The van der Waals surface area contributed by atoms with Crippen molar-refractivity contribution in [1.82, 2.24) is 9.21 Å². The zero-order valence-electron chi connectivity index (χ0n) is 17.7. The van der Waals surface area contributed by atoms with Gasteiger partial charge >= 0.3 is 0 Å². The molecule has 1 aliphatic rings. The van der Waals surface area contributed by atoms with Crippen LogP contribution in [0.1, 0.15) is 0 Å². The Morgan fingerprint density at radius 3 is 2.29 bits per heavy atom. The average molecular weight is 452 g/mol. The van der Waals surface area contributed by atoms with Crippen LogP contribution < -0.4 is 14.4 Å². The van der Waals surface area contributed by atoms with E-state index in [1.54, 1.807) is 23.1 Å². The van der Waals surface area contributed by atoms with E-state index >= 15 is 0 Å². The van der Waals surface area contributed by atoms with Gasteiger partial charge in [-0.3, -0.25) is 4.79 Å². The highest BCUT2D eigenvalue weighted by Gasteiger charge is 2.28. The number of hydrogen-bond acceptors (Lipinski definition) is 6. The lowest BCUT2D eigenvalue weighted by Gasteiger charge is -2.36. The molecule has 3 rings (SSSR count). The van der Waals surface area contributed by atoms with Gasteiger partial charge in [0.25, 0.3) is 0 Å². The zero-order valence-corrected chi connectivity index (χ0v) is 18.6. The van der Waals surface area contributed by atoms with Gasteiger partial charge in [-0.05, 0) is 24.3 Å². The van der Waals surface area contributed by atoms with Gasteiger partial charge in [-0.25, -0.2) is 12.8 Å². The second-order valence-corrected chi connectivity index (χ2v) is 9.14. The molecule has 1 aliphatic heterocycles. The highest BCUT2D eigenvalue weighted by atomic mass is 32.2. The van der Waals surface area contributed by atoms with Crippen LogP contribution in [0.25, 0.3) is 0 Å². The lowest BCUT2D eigenvalue weighted by molar-refractivity contribution is -0.131. The first kappa shape index (κ1) is 22.8. The van der Waals surface area contributed by atoms with Crippen LogP contribution in [0, 0.1) is 5.82 Å². The first-order valence-corrected chi connectivity index (χ1v) is 11.2. The van der Waals surface area contributed by atoms with Gasteiger partial charge in [-0.15, -0.1) is 0 Å². The smallest absolute Gasteiger partial charge is 0.243 e. The number of piperazine rings is 1. The molecular formula is C21H26FN3O5S. The molecule has 1 heterocycles. The van der Waals surface area contributed by atoms with Crippen molar-refractivity contribution >= 4 is 21.6 Å². The Hall–Kier alpha value is -2.85. The van der Waals surface area contributed by atoms with Crippen molar-refractivity contribution in [1.29, 1.82) is 0 Å². The summed E-state index contributed by atoms with van der Waals surface area (Å²) in [5, 5.41) is 0. The van der Waals surface area contributed by atoms with Crippen LogP contribution in [0.2, 0.25) is 0 Å². The molecule has 0 unspecified atom stereocenters. The number of hydrogen-bond donors (Lipinski definition) is 0. The molecule has 0 aliphatic carbocycles. The molecule has 0 radical (unpaired) electrons. The lowest BCUT2D eigenvalue weighted by Crippen LogP contribution is -2.51. The van der Waals surface area contributed by atoms with E-state index in [-0.39, 0.29) is 28.9 Å². The summed E-state index contributed by atoms with van der Waals surface area (Å²) in [7, 11) is 0.341. The Morgan fingerprint density at radius 1 is 1.03 bits per heavy atom. The number of nitrogens with zero attached hydrogens (tertiary/aromatic N) is 3. The summed E-state index contributed by atoms with van der Waals surface area (Å²) in [6, 6.07) is 10.8. The van der Waals surface area contributed by atoms with Crippen molar-refractivity contribution in [2.75, 3.05) is 58.9 Å². The molecule has 0 saturated carbocycles. The molecule has 1 fully saturated rings. The molecule has 168 valence electrons. The first-order chi connectivity index (χ1) is 14.8. The van der Waals surface area contributed by atoms with Gasteiger partial charge in [0.1, 0.15) is 5.82 Å². The Kier molecular flexibility index (Phi) is 7.01. The Balaban J connectivity index is 1.63. The summed E-state index contributed by atoms with van der Waals surface area (Å²) in [5.41, 5.74) is 0.503. The minimum absolute atomic E-state index is 0.00446. The van der Waals surface area contributed by atoms with Gasteiger partial charge in [0.15, 0.2) is 11.5 Å². The predicted molar refractivity (Wildman–Crippen MR) is 115 cm³/mol. The molecular weight excluding hydrogens is 425 g/mol. The number of amides is 1. The van der Waals surface area contributed by atoms with Gasteiger partial charge in [-0.2, -0.15) is 4.31 Å². The Bertz CT molecular complexity index is 1040. The third kappa shape index (κ3) is 4.91. The minimum Gasteiger partial charge on any atom is -0.493 e. The summed E-state index contributed by atoms with van der Waals surface area (Å²) in [6.45, 7) is 1.42. The van der Waals surface area contributed by atoms with Crippen LogP contribution in [0.3, 0.4) is 0 Å². The number of methoxy groups -OCH3 is 2. The molecule has 10 heteroatoms. The molecule has 0 atom stereocenters. The predicted octanol–water partition coefficient (Wildman–Crippen LogP) is 1.81. The monoisotopic (exact) mass is 451 g/mol. The number of sulfonamides is 1. The molecule has 1 saturated heterocycles. The summed E-state index contributed by atoms with van der Waals surface area (Å²) < 4.78 is 51.1. The third-order valence-electron chi connectivity index (χ3n) is 5.25. The molecule has 0 N–H and O–H groups in total. The highest BCUT2D eigenvalue weighted by Crippen LogP contribution is 2.30. The number of anilines is 1. The summed E-state index contributed by atoms with van der Waals surface area (Å²) in [5.74, 6) is 0.0863. The van der Waals surface area contributed by atoms with E-state index in [0.717, 1.165) is 4.31 Å².